The highest BCUT2D eigenvalue weighted by atomic mass is 35.5. The minimum atomic E-state index is 0.274. The van der Waals surface area contributed by atoms with Crippen molar-refractivity contribution >= 4 is 22.5 Å². The molecule has 0 unspecified atom stereocenters. The van der Waals surface area contributed by atoms with Gasteiger partial charge in [0.25, 0.3) is 0 Å². The lowest BCUT2D eigenvalue weighted by Crippen LogP contribution is -2.23. The molecule has 1 aromatic carbocycles. The Morgan fingerprint density at radius 3 is 2.89 bits per heavy atom. The number of rotatable bonds is 3. The van der Waals surface area contributed by atoms with Crippen molar-refractivity contribution in [2.75, 3.05) is 13.2 Å². The maximum absolute atomic E-state index is 6.21. The van der Waals surface area contributed by atoms with Gasteiger partial charge in [0.05, 0.1) is 18.2 Å². The molecule has 0 aliphatic carbocycles. The Kier molecular flexibility index (Phi) is 3.97. The number of halogens is 1. The van der Waals surface area contributed by atoms with Crippen molar-refractivity contribution in [3.63, 3.8) is 0 Å². The Hall–Kier alpha value is -1.16. The second-order valence-electron chi connectivity index (χ2n) is 4.75. The molecule has 0 bridgehead atoms. The van der Waals surface area contributed by atoms with Crippen LogP contribution in [0.2, 0.25) is 5.15 Å². The van der Waals surface area contributed by atoms with E-state index in [4.69, 9.17) is 21.1 Å². The molecule has 1 saturated heterocycles. The molecule has 1 aliphatic rings. The summed E-state index contributed by atoms with van der Waals surface area (Å²) in [6.07, 6.45) is 2.19. The van der Waals surface area contributed by atoms with Gasteiger partial charge in [0.15, 0.2) is 0 Å². The highest BCUT2D eigenvalue weighted by molar-refractivity contribution is 6.30. The third-order valence-electron chi connectivity index (χ3n) is 3.39. The van der Waals surface area contributed by atoms with Crippen LogP contribution in [0.5, 0.6) is 0 Å². The van der Waals surface area contributed by atoms with Crippen molar-refractivity contribution in [1.82, 2.24) is 4.98 Å². The van der Waals surface area contributed by atoms with Gasteiger partial charge < -0.3 is 9.47 Å². The van der Waals surface area contributed by atoms with Crippen molar-refractivity contribution in [3.05, 3.63) is 41.0 Å². The Morgan fingerprint density at radius 1 is 1.26 bits per heavy atom. The van der Waals surface area contributed by atoms with Crippen molar-refractivity contribution in [2.45, 2.75) is 25.6 Å². The van der Waals surface area contributed by atoms with Crippen LogP contribution in [-0.2, 0) is 16.1 Å². The molecule has 19 heavy (non-hydrogen) atoms. The smallest absolute Gasteiger partial charge is 0.135 e. The topological polar surface area (TPSA) is 31.4 Å². The molecule has 0 atom stereocenters. The molecule has 3 rings (SSSR count). The van der Waals surface area contributed by atoms with Crippen LogP contribution in [0.15, 0.2) is 30.3 Å². The summed E-state index contributed by atoms with van der Waals surface area (Å²) in [7, 11) is 0. The lowest BCUT2D eigenvalue weighted by Gasteiger charge is -2.22. The summed E-state index contributed by atoms with van der Waals surface area (Å²) in [4.78, 5) is 4.40. The van der Waals surface area contributed by atoms with E-state index in [-0.39, 0.29) is 6.10 Å². The number of aromatic nitrogens is 1. The van der Waals surface area contributed by atoms with E-state index >= 15 is 0 Å². The van der Waals surface area contributed by atoms with Gasteiger partial charge in [0.1, 0.15) is 5.15 Å². The second-order valence-corrected chi connectivity index (χ2v) is 5.11. The number of fused-ring (bicyclic) bond motifs is 1. The third-order valence-corrected chi connectivity index (χ3v) is 3.72. The van der Waals surface area contributed by atoms with E-state index in [1.165, 1.54) is 0 Å². The van der Waals surface area contributed by atoms with Crippen LogP contribution in [0.4, 0.5) is 0 Å². The fourth-order valence-corrected chi connectivity index (χ4v) is 2.49. The lowest BCUT2D eigenvalue weighted by molar-refractivity contribution is -0.0390. The molecule has 0 spiro atoms. The van der Waals surface area contributed by atoms with Crippen LogP contribution in [-0.4, -0.2) is 24.3 Å². The van der Waals surface area contributed by atoms with Gasteiger partial charge in [0.2, 0.25) is 0 Å². The summed E-state index contributed by atoms with van der Waals surface area (Å²) >= 11 is 6.21. The molecular weight excluding hydrogens is 262 g/mol. The molecule has 100 valence electrons. The van der Waals surface area contributed by atoms with Gasteiger partial charge in [0, 0.05) is 24.2 Å². The maximum Gasteiger partial charge on any atom is 0.135 e. The zero-order valence-corrected chi connectivity index (χ0v) is 11.4. The molecule has 0 saturated carbocycles. The summed E-state index contributed by atoms with van der Waals surface area (Å²) < 4.78 is 11.2. The van der Waals surface area contributed by atoms with Crippen molar-refractivity contribution in [2.24, 2.45) is 0 Å². The predicted octanol–water partition coefficient (Wildman–Crippen LogP) is 3.58. The van der Waals surface area contributed by atoms with Gasteiger partial charge in [-0.25, -0.2) is 4.98 Å². The van der Waals surface area contributed by atoms with Crippen molar-refractivity contribution in [3.8, 4) is 0 Å². The summed E-state index contributed by atoms with van der Waals surface area (Å²) in [5.74, 6) is 0. The van der Waals surface area contributed by atoms with E-state index < -0.39 is 0 Å². The Labute approximate surface area is 117 Å². The average Bonchev–Trinajstić information content (AvgIpc) is 2.46. The van der Waals surface area contributed by atoms with E-state index in [9.17, 15) is 0 Å². The van der Waals surface area contributed by atoms with Gasteiger partial charge in [-0.15, -0.1) is 0 Å². The van der Waals surface area contributed by atoms with Crippen LogP contribution in [0.25, 0.3) is 10.9 Å². The van der Waals surface area contributed by atoms with Crippen LogP contribution in [0.3, 0.4) is 0 Å². The van der Waals surface area contributed by atoms with E-state index in [0.29, 0.717) is 11.8 Å². The first-order valence-electron chi connectivity index (χ1n) is 6.56. The Bertz CT molecular complexity index is 567. The van der Waals surface area contributed by atoms with E-state index in [0.717, 1.165) is 42.5 Å². The molecule has 1 aromatic heterocycles. The number of hydrogen-bond donors (Lipinski definition) is 0. The molecular formula is C15H16ClNO2. The summed E-state index contributed by atoms with van der Waals surface area (Å²) in [6.45, 7) is 2.09. The normalized spacial score (nSPS) is 16.9. The molecule has 4 heteroatoms. The zero-order valence-electron chi connectivity index (χ0n) is 10.6. The number of nitrogens with zero attached hydrogens (tertiary/aromatic N) is 1. The molecule has 1 aliphatic heterocycles. The molecule has 0 radical (unpaired) electrons. The fourth-order valence-electron chi connectivity index (χ4n) is 2.29. The largest absolute Gasteiger partial charge is 0.381 e. The SMILES string of the molecule is Clc1nc2ccccc2cc1COC1CCOCC1. The predicted molar refractivity (Wildman–Crippen MR) is 75.4 cm³/mol. The van der Waals surface area contributed by atoms with E-state index in [2.05, 4.69) is 11.1 Å². The van der Waals surface area contributed by atoms with Crippen LogP contribution in [0, 0.1) is 0 Å². The fraction of sp³-hybridized carbons (Fsp3) is 0.400. The second kappa shape index (κ2) is 5.87. The minimum absolute atomic E-state index is 0.274. The average molecular weight is 278 g/mol. The quantitative estimate of drug-likeness (QED) is 0.804. The minimum Gasteiger partial charge on any atom is -0.381 e. The number of para-hydroxylation sites is 1. The third kappa shape index (κ3) is 3.06. The lowest BCUT2D eigenvalue weighted by atomic mass is 10.1. The molecule has 2 aromatic rings. The molecule has 2 heterocycles. The standard InChI is InChI=1S/C15H16ClNO2/c16-15-12(10-19-13-5-7-18-8-6-13)9-11-3-1-2-4-14(11)17-15/h1-4,9,13H,5-8,10H2. The summed E-state index contributed by atoms with van der Waals surface area (Å²) in [5.41, 5.74) is 1.87. The highest BCUT2D eigenvalue weighted by Crippen LogP contribution is 2.22. The molecule has 1 fully saturated rings. The molecule has 3 nitrogen and oxygen atoms in total. The first-order chi connectivity index (χ1) is 9.33. The van der Waals surface area contributed by atoms with Crippen LogP contribution < -0.4 is 0 Å². The van der Waals surface area contributed by atoms with Crippen LogP contribution in [0.1, 0.15) is 18.4 Å². The highest BCUT2D eigenvalue weighted by Gasteiger charge is 2.15. The van der Waals surface area contributed by atoms with Gasteiger partial charge in [-0.2, -0.15) is 0 Å². The Morgan fingerprint density at radius 2 is 2.05 bits per heavy atom. The van der Waals surface area contributed by atoms with Crippen molar-refractivity contribution in [1.29, 1.82) is 0 Å². The van der Waals surface area contributed by atoms with E-state index in [1.54, 1.807) is 0 Å². The Balaban J connectivity index is 1.74. The number of benzene rings is 1. The van der Waals surface area contributed by atoms with Gasteiger partial charge in [-0.05, 0) is 25.0 Å². The molecule has 0 N–H and O–H groups in total. The van der Waals surface area contributed by atoms with Gasteiger partial charge in [-0.3, -0.25) is 0 Å². The van der Waals surface area contributed by atoms with E-state index in [1.807, 2.05) is 24.3 Å². The first-order valence-corrected chi connectivity index (χ1v) is 6.94. The van der Waals surface area contributed by atoms with Crippen molar-refractivity contribution < 1.29 is 9.47 Å². The monoisotopic (exact) mass is 277 g/mol. The summed E-state index contributed by atoms with van der Waals surface area (Å²) in [6, 6.07) is 10.0. The summed E-state index contributed by atoms with van der Waals surface area (Å²) in [5, 5.41) is 1.63. The number of ether oxygens (including phenoxy) is 2. The van der Waals surface area contributed by atoms with Gasteiger partial charge >= 0.3 is 0 Å². The molecule has 0 amide bonds. The zero-order chi connectivity index (χ0) is 13.1. The van der Waals surface area contributed by atoms with Crippen LogP contribution >= 0.6 is 11.6 Å². The van der Waals surface area contributed by atoms with Gasteiger partial charge in [-0.1, -0.05) is 29.8 Å². The first kappa shape index (κ1) is 12.9. The maximum atomic E-state index is 6.21. The number of hydrogen-bond acceptors (Lipinski definition) is 3. The number of pyridine rings is 1.